The first kappa shape index (κ1) is 15.1. The summed E-state index contributed by atoms with van der Waals surface area (Å²) in [5.74, 6) is -0.450. The first-order valence-corrected chi connectivity index (χ1v) is 8.45. The number of anilines is 1. The molecule has 1 N–H and O–H groups in total. The van der Waals surface area contributed by atoms with Crippen LogP contribution >= 0.6 is 0 Å². The van der Waals surface area contributed by atoms with E-state index >= 15 is 0 Å². The minimum atomic E-state index is -0.450. The number of fused-ring (bicyclic) bond motifs is 2. The number of oxazole rings is 1. The number of para-hydroxylation sites is 2. The van der Waals surface area contributed by atoms with Crippen molar-refractivity contribution in [3.05, 3.63) is 52.8 Å². The summed E-state index contributed by atoms with van der Waals surface area (Å²) >= 11 is 0. The quantitative estimate of drug-likeness (QED) is 0.613. The molecule has 1 saturated carbocycles. The predicted molar refractivity (Wildman–Crippen MR) is 94.6 cm³/mol. The van der Waals surface area contributed by atoms with E-state index in [2.05, 4.69) is 15.3 Å². The molecular weight excluding hydrogens is 337 g/mol. The van der Waals surface area contributed by atoms with Crippen LogP contribution in [0, 0.1) is 5.82 Å². The van der Waals surface area contributed by atoms with Crippen molar-refractivity contribution in [3.63, 3.8) is 0 Å². The average molecular weight is 353 g/mol. The Morgan fingerprint density at radius 2 is 2.12 bits per heavy atom. The molecule has 4 aromatic rings. The molecule has 0 atom stereocenters. The van der Waals surface area contributed by atoms with Crippen LogP contribution in [0.5, 0.6) is 0 Å². The number of nitrogens with zero attached hydrogens (tertiary/aromatic N) is 4. The van der Waals surface area contributed by atoms with Crippen molar-refractivity contribution < 1.29 is 8.81 Å². The van der Waals surface area contributed by atoms with Crippen molar-refractivity contribution in [3.8, 4) is 0 Å². The molecule has 26 heavy (non-hydrogen) atoms. The molecule has 1 aliphatic carbocycles. The fraction of sp³-hybridized carbons (Fsp3) is 0.278. The monoisotopic (exact) mass is 353 g/mol. The average Bonchev–Trinajstić information content (AvgIpc) is 3.11. The van der Waals surface area contributed by atoms with E-state index in [1.807, 2.05) is 24.3 Å². The maximum atomic E-state index is 13.4. The van der Waals surface area contributed by atoms with Crippen LogP contribution in [-0.2, 0) is 7.05 Å². The smallest absolute Gasteiger partial charge is 0.330 e. The van der Waals surface area contributed by atoms with E-state index in [4.69, 9.17) is 4.42 Å². The van der Waals surface area contributed by atoms with Crippen LogP contribution in [0.25, 0.3) is 22.3 Å². The van der Waals surface area contributed by atoms with Gasteiger partial charge in [-0.3, -0.25) is 9.13 Å². The van der Waals surface area contributed by atoms with Crippen LogP contribution < -0.4 is 11.0 Å². The second-order valence-corrected chi connectivity index (χ2v) is 6.66. The lowest BCUT2D eigenvalue weighted by molar-refractivity contribution is 0.277. The summed E-state index contributed by atoms with van der Waals surface area (Å²) in [5, 5.41) is 3.27. The van der Waals surface area contributed by atoms with Crippen LogP contribution in [0.1, 0.15) is 18.9 Å². The third-order valence-electron chi connectivity index (χ3n) is 5.00. The molecule has 3 aromatic heterocycles. The molecule has 3 heterocycles. The zero-order chi connectivity index (χ0) is 17.8. The van der Waals surface area contributed by atoms with Gasteiger partial charge in [-0.25, -0.2) is 14.2 Å². The van der Waals surface area contributed by atoms with Gasteiger partial charge in [0.15, 0.2) is 11.2 Å². The number of aryl methyl sites for hydroxylation is 1. The van der Waals surface area contributed by atoms with Crippen molar-refractivity contribution in [1.29, 1.82) is 0 Å². The van der Waals surface area contributed by atoms with Gasteiger partial charge in [0, 0.05) is 25.2 Å². The molecule has 0 radical (unpaired) electrons. The Morgan fingerprint density at radius 3 is 2.92 bits per heavy atom. The molecule has 5 rings (SSSR count). The third-order valence-corrected chi connectivity index (χ3v) is 5.00. The summed E-state index contributed by atoms with van der Waals surface area (Å²) in [6.07, 6.45) is 2.64. The van der Waals surface area contributed by atoms with Gasteiger partial charge < -0.3 is 9.73 Å². The zero-order valence-corrected chi connectivity index (χ0v) is 14.0. The van der Waals surface area contributed by atoms with Gasteiger partial charge in [-0.1, -0.05) is 12.1 Å². The van der Waals surface area contributed by atoms with Gasteiger partial charge in [0.05, 0.1) is 11.7 Å². The molecule has 7 nitrogen and oxygen atoms in total. The second kappa shape index (κ2) is 5.42. The van der Waals surface area contributed by atoms with Crippen LogP contribution in [0.3, 0.4) is 0 Å². The van der Waals surface area contributed by atoms with E-state index in [1.54, 1.807) is 11.6 Å². The van der Waals surface area contributed by atoms with Gasteiger partial charge >= 0.3 is 5.69 Å². The zero-order valence-electron chi connectivity index (χ0n) is 14.0. The van der Waals surface area contributed by atoms with Gasteiger partial charge in [0.2, 0.25) is 0 Å². The number of hydrogen-bond acceptors (Lipinski definition) is 5. The van der Waals surface area contributed by atoms with Crippen LogP contribution in [0.2, 0.25) is 0 Å². The number of imidazole rings is 1. The highest BCUT2D eigenvalue weighted by Gasteiger charge is 2.34. The highest BCUT2D eigenvalue weighted by Crippen LogP contribution is 2.35. The van der Waals surface area contributed by atoms with Gasteiger partial charge in [-0.2, -0.15) is 4.98 Å². The largest absolute Gasteiger partial charge is 0.424 e. The van der Waals surface area contributed by atoms with Crippen molar-refractivity contribution >= 4 is 28.3 Å². The topological polar surface area (TPSA) is 77.9 Å². The fourth-order valence-electron chi connectivity index (χ4n) is 3.56. The van der Waals surface area contributed by atoms with E-state index in [9.17, 15) is 9.18 Å². The molecule has 8 heteroatoms. The summed E-state index contributed by atoms with van der Waals surface area (Å²) < 4.78 is 22.2. The van der Waals surface area contributed by atoms with Gasteiger partial charge in [-0.15, -0.1) is 0 Å². The Hall–Kier alpha value is -3.16. The molecule has 1 fully saturated rings. The minimum Gasteiger partial charge on any atom is -0.424 e. The summed E-state index contributed by atoms with van der Waals surface area (Å²) in [4.78, 5) is 21.1. The van der Waals surface area contributed by atoms with Crippen molar-refractivity contribution in [1.82, 2.24) is 19.1 Å². The van der Waals surface area contributed by atoms with E-state index in [1.165, 1.54) is 10.6 Å². The van der Waals surface area contributed by atoms with Gasteiger partial charge in [0.1, 0.15) is 11.3 Å². The Labute approximate surface area is 147 Å². The number of pyridine rings is 1. The van der Waals surface area contributed by atoms with Gasteiger partial charge in [0.25, 0.3) is 6.01 Å². The molecular formula is C18H16FN5O2. The lowest BCUT2D eigenvalue weighted by atomic mass is 9.86. The molecule has 1 aromatic carbocycles. The molecule has 0 aliphatic heterocycles. The Kier molecular flexibility index (Phi) is 3.15. The highest BCUT2D eigenvalue weighted by atomic mass is 19.1. The number of nitrogens with one attached hydrogen (secondary N) is 1. The lowest BCUT2D eigenvalue weighted by Crippen LogP contribution is -2.41. The maximum absolute atomic E-state index is 13.4. The molecule has 0 unspecified atom stereocenters. The molecule has 0 spiro atoms. The predicted octanol–water partition coefficient (Wildman–Crippen LogP) is 2.83. The van der Waals surface area contributed by atoms with Crippen LogP contribution in [0.15, 0.2) is 45.7 Å². The van der Waals surface area contributed by atoms with E-state index in [-0.39, 0.29) is 17.8 Å². The number of rotatable bonds is 3. The first-order valence-electron chi connectivity index (χ1n) is 8.45. The van der Waals surface area contributed by atoms with E-state index in [0.29, 0.717) is 17.2 Å². The van der Waals surface area contributed by atoms with E-state index in [0.717, 1.165) is 30.1 Å². The van der Waals surface area contributed by atoms with Crippen molar-refractivity contribution in [2.24, 2.45) is 7.05 Å². The minimum absolute atomic E-state index is 0.0195. The normalized spacial score (nSPS) is 19.8. The highest BCUT2D eigenvalue weighted by molar-refractivity contribution is 5.74. The molecule has 132 valence electrons. The Balaban J connectivity index is 1.37. The summed E-state index contributed by atoms with van der Waals surface area (Å²) in [7, 11) is 1.63. The van der Waals surface area contributed by atoms with Crippen molar-refractivity contribution in [2.75, 3.05) is 5.32 Å². The molecule has 0 saturated heterocycles. The number of hydrogen-bond donors (Lipinski definition) is 1. The maximum Gasteiger partial charge on any atom is 0.330 e. The molecule has 1 aliphatic rings. The molecule has 0 amide bonds. The lowest BCUT2D eigenvalue weighted by Gasteiger charge is -2.35. The number of benzene rings is 1. The van der Waals surface area contributed by atoms with Crippen LogP contribution in [-0.4, -0.2) is 25.1 Å². The third kappa shape index (κ3) is 2.22. The summed E-state index contributed by atoms with van der Waals surface area (Å²) in [6.45, 7) is 0. The second-order valence-electron chi connectivity index (χ2n) is 6.66. The van der Waals surface area contributed by atoms with Gasteiger partial charge in [-0.05, 0) is 25.0 Å². The SMILES string of the molecule is Cn1c(=O)n([C@H]2C[C@H](Nc3nc4ccccc4o3)C2)c2ncc(F)cc21. The van der Waals surface area contributed by atoms with Crippen molar-refractivity contribution in [2.45, 2.75) is 24.9 Å². The Morgan fingerprint density at radius 1 is 1.31 bits per heavy atom. The Bertz CT molecular complexity index is 1150. The number of halogens is 1. The fourth-order valence-corrected chi connectivity index (χ4v) is 3.56. The van der Waals surface area contributed by atoms with E-state index < -0.39 is 5.82 Å². The summed E-state index contributed by atoms with van der Waals surface area (Å²) in [6, 6.07) is 9.59. The number of aromatic nitrogens is 4. The van der Waals surface area contributed by atoms with Crippen LogP contribution in [0.4, 0.5) is 10.4 Å². The molecule has 0 bridgehead atoms. The summed E-state index contributed by atoms with van der Waals surface area (Å²) in [5.41, 5.74) is 2.39. The first-order chi connectivity index (χ1) is 12.6. The standard InChI is InChI=1S/C18H16FN5O2/c1-23-14-6-10(19)9-20-16(14)24(18(23)25)12-7-11(8-12)21-17-22-13-4-2-3-5-15(13)26-17/h2-6,9,11-12H,7-8H2,1H3,(H,21,22)/t11-,12-.